The first-order chi connectivity index (χ1) is 8.13. The molecule has 2 rings (SSSR count). The van der Waals surface area contributed by atoms with E-state index in [2.05, 4.69) is 0 Å². The van der Waals surface area contributed by atoms with Gasteiger partial charge in [0.2, 0.25) is 0 Å². The smallest absolute Gasteiger partial charge is 0.309 e. The second kappa shape index (κ2) is 5.14. The first kappa shape index (κ1) is 12.5. The molecule has 0 aromatic heterocycles. The van der Waals surface area contributed by atoms with Gasteiger partial charge in [-0.1, -0.05) is 6.92 Å². The number of ether oxygens (including phenoxy) is 3. The molecule has 1 heterocycles. The van der Waals surface area contributed by atoms with Gasteiger partial charge in [-0.15, -0.1) is 0 Å². The molecule has 1 saturated carbocycles. The summed E-state index contributed by atoms with van der Waals surface area (Å²) in [6, 6.07) is 0. The van der Waals surface area contributed by atoms with Crippen molar-refractivity contribution in [3.05, 3.63) is 0 Å². The Kier molecular flexibility index (Phi) is 3.79. The quantitative estimate of drug-likeness (QED) is 0.669. The van der Waals surface area contributed by atoms with E-state index in [1.165, 1.54) is 7.11 Å². The molecule has 0 aromatic carbocycles. The van der Waals surface area contributed by atoms with Gasteiger partial charge in [-0.3, -0.25) is 9.59 Å². The highest BCUT2D eigenvalue weighted by atomic mass is 16.7. The average Bonchev–Trinajstić information content (AvgIpc) is 2.80. The lowest BCUT2D eigenvalue weighted by atomic mass is 9.73. The predicted molar refractivity (Wildman–Crippen MR) is 58.1 cm³/mol. The van der Waals surface area contributed by atoms with Crippen LogP contribution < -0.4 is 0 Å². The number of esters is 1. The summed E-state index contributed by atoms with van der Waals surface area (Å²) < 4.78 is 15.5. The molecule has 2 fully saturated rings. The molecule has 0 spiro atoms. The second-order valence-corrected chi connectivity index (χ2v) is 4.78. The maximum atomic E-state index is 12.1. The van der Waals surface area contributed by atoms with Crippen molar-refractivity contribution in [1.29, 1.82) is 0 Å². The van der Waals surface area contributed by atoms with Crippen LogP contribution in [0.1, 0.15) is 19.8 Å². The molecular weight excluding hydrogens is 224 g/mol. The molecule has 5 heteroatoms. The van der Waals surface area contributed by atoms with Gasteiger partial charge < -0.3 is 14.2 Å². The maximum absolute atomic E-state index is 12.1. The summed E-state index contributed by atoms with van der Waals surface area (Å²) in [5.74, 6) is -1.01. The van der Waals surface area contributed by atoms with E-state index in [1.807, 2.05) is 6.92 Å². The number of methoxy groups -OCH3 is 1. The van der Waals surface area contributed by atoms with Gasteiger partial charge in [-0.05, 0) is 12.3 Å². The summed E-state index contributed by atoms with van der Waals surface area (Å²) in [7, 11) is 1.35. The molecule has 1 unspecified atom stereocenters. The van der Waals surface area contributed by atoms with Gasteiger partial charge in [0.1, 0.15) is 5.78 Å². The molecule has 17 heavy (non-hydrogen) atoms. The lowest BCUT2D eigenvalue weighted by molar-refractivity contribution is -0.168. The van der Waals surface area contributed by atoms with Crippen LogP contribution in [0, 0.1) is 17.8 Å². The molecule has 1 aliphatic carbocycles. The van der Waals surface area contributed by atoms with Crippen LogP contribution in [0.5, 0.6) is 0 Å². The third kappa shape index (κ3) is 2.50. The van der Waals surface area contributed by atoms with E-state index in [1.54, 1.807) is 0 Å². The average molecular weight is 242 g/mol. The van der Waals surface area contributed by atoms with Gasteiger partial charge >= 0.3 is 5.97 Å². The first-order valence-electron chi connectivity index (χ1n) is 5.97. The zero-order valence-corrected chi connectivity index (χ0v) is 10.2. The molecule has 3 atom stereocenters. The zero-order valence-electron chi connectivity index (χ0n) is 10.2. The molecular formula is C12H18O5. The van der Waals surface area contributed by atoms with Crippen molar-refractivity contribution in [2.24, 2.45) is 17.8 Å². The summed E-state index contributed by atoms with van der Waals surface area (Å²) in [5.41, 5.74) is 0. The summed E-state index contributed by atoms with van der Waals surface area (Å²) in [6.07, 6.45) is 0.576. The number of Topliss-reactive ketones (excluding diaryl/α,β-unsaturated/α-hetero) is 1. The van der Waals surface area contributed by atoms with Crippen LogP contribution in [-0.2, 0) is 23.8 Å². The Morgan fingerprint density at radius 3 is 2.59 bits per heavy atom. The van der Waals surface area contributed by atoms with Crippen molar-refractivity contribution in [3.8, 4) is 0 Å². The minimum absolute atomic E-state index is 0.0473. The normalized spacial score (nSPS) is 34.9. The highest BCUT2D eigenvalue weighted by Gasteiger charge is 2.46. The molecule has 2 aliphatic rings. The van der Waals surface area contributed by atoms with Crippen molar-refractivity contribution >= 4 is 11.8 Å². The zero-order chi connectivity index (χ0) is 12.4. The van der Waals surface area contributed by atoms with E-state index in [9.17, 15) is 9.59 Å². The van der Waals surface area contributed by atoms with Crippen LogP contribution >= 0.6 is 0 Å². The fourth-order valence-corrected chi connectivity index (χ4v) is 2.69. The predicted octanol–water partition coefficient (Wildman–Crippen LogP) is 0.764. The Hall–Kier alpha value is -0.940. The standard InChI is InChI=1S/C12H18O5/c1-7-5-8(11(14)15-2)10(9(13)6-7)12-16-3-4-17-12/h7-8,10,12H,3-6H2,1-2H3/t7-,8?,10+/m0/s1. The molecule has 0 radical (unpaired) electrons. The van der Waals surface area contributed by atoms with Gasteiger partial charge in [0.05, 0.1) is 32.2 Å². The highest BCUT2D eigenvalue weighted by molar-refractivity contribution is 5.88. The molecule has 5 nitrogen and oxygen atoms in total. The Morgan fingerprint density at radius 2 is 2.00 bits per heavy atom. The van der Waals surface area contributed by atoms with Crippen LogP contribution in [0.25, 0.3) is 0 Å². The number of hydrogen-bond donors (Lipinski definition) is 0. The fourth-order valence-electron chi connectivity index (χ4n) is 2.69. The third-order valence-corrected chi connectivity index (χ3v) is 3.46. The molecule has 1 saturated heterocycles. The lowest BCUT2D eigenvalue weighted by Crippen LogP contribution is -2.44. The number of carbonyl (C=O) groups excluding carboxylic acids is 2. The van der Waals surface area contributed by atoms with Crippen LogP contribution in [-0.4, -0.2) is 38.4 Å². The van der Waals surface area contributed by atoms with Crippen molar-refractivity contribution in [2.75, 3.05) is 20.3 Å². The first-order valence-corrected chi connectivity index (χ1v) is 5.97. The summed E-state index contributed by atoms with van der Waals surface area (Å²) >= 11 is 0. The van der Waals surface area contributed by atoms with Gasteiger partial charge in [-0.25, -0.2) is 0 Å². The van der Waals surface area contributed by atoms with Crippen LogP contribution in [0.4, 0.5) is 0 Å². The largest absolute Gasteiger partial charge is 0.469 e. The molecule has 0 N–H and O–H groups in total. The van der Waals surface area contributed by atoms with Gasteiger partial charge in [0.25, 0.3) is 0 Å². The molecule has 96 valence electrons. The Balaban J connectivity index is 2.17. The van der Waals surface area contributed by atoms with Crippen molar-refractivity contribution < 1.29 is 23.8 Å². The third-order valence-electron chi connectivity index (χ3n) is 3.46. The number of ketones is 1. The minimum Gasteiger partial charge on any atom is -0.469 e. The SMILES string of the molecule is COC(=O)C1C[C@H](C)CC(=O)[C@@H]1C1OCCO1. The molecule has 0 aromatic rings. The van der Waals surface area contributed by atoms with Crippen molar-refractivity contribution in [3.63, 3.8) is 0 Å². The summed E-state index contributed by atoms with van der Waals surface area (Å²) in [4.78, 5) is 23.8. The Labute approximate surface area is 100 Å². The maximum Gasteiger partial charge on any atom is 0.309 e. The van der Waals surface area contributed by atoms with Crippen LogP contribution in [0.15, 0.2) is 0 Å². The second-order valence-electron chi connectivity index (χ2n) is 4.78. The fraction of sp³-hybridized carbons (Fsp3) is 0.833. The van der Waals surface area contributed by atoms with E-state index >= 15 is 0 Å². The van der Waals surface area contributed by atoms with E-state index in [0.29, 0.717) is 26.1 Å². The van der Waals surface area contributed by atoms with E-state index in [4.69, 9.17) is 14.2 Å². The molecule has 0 amide bonds. The number of rotatable bonds is 2. The minimum atomic E-state index is -0.570. The molecule has 1 aliphatic heterocycles. The van der Waals surface area contributed by atoms with Crippen LogP contribution in [0.3, 0.4) is 0 Å². The van der Waals surface area contributed by atoms with Crippen LogP contribution in [0.2, 0.25) is 0 Å². The van der Waals surface area contributed by atoms with E-state index < -0.39 is 18.1 Å². The highest BCUT2D eigenvalue weighted by Crippen LogP contribution is 2.36. The topological polar surface area (TPSA) is 61.8 Å². The van der Waals surface area contributed by atoms with Gasteiger partial charge in [0.15, 0.2) is 6.29 Å². The van der Waals surface area contributed by atoms with Crippen molar-refractivity contribution in [1.82, 2.24) is 0 Å². The van der Waals surface area contributed by atoms with Crippen molar-refractivity contribution in [2.45, 2.75) is 26.1 Å². The van der Waals surface area contributed by atoms with Gasteiger partial charge in [0, 0.05) is 6.42 Å². The van der Waals surface area contributed by atoms with Gasteiger partial charge in [-0.2, -0.15) is 0 Å². The number of carbonyl (C=O) groups is 2. The van der Waals surface area contributed by atoms with E-state index in [0.717, 1.165) is 0 Å². The Bertz CT molecular complexity index is 308. The lowest BCUT2D eigenvalue weighted by Gasteiger charge is -2.34. The summed E-state index contributed by atoms with van der Waals surface area (Å²) in [5, 5.41) is 0. The monoisotopic (exact) mass is 242 g/mol. The molecule has 0 bridgehead atoms. The van der Waals surface area contributed by atoms with E-state index in [-0.39, 0.29) is 17.7 Å². The summed E-state index contributed by atoms with van der Waals surface area (Å²) in [6.45, 7) is 2.94. The Morgan fingerprint density at radius 1 is 1.35 bits per heavy atom. The number of hydrogen-bond acceptors (Lipinski definition) is 5.